The fourth-order valence-electron chi connectivity index (χ4n) is 4.30. The number of hydrogen-bond donors (Lipinski definition) is 2. The third kappa shape index (κ3) is 7.49. The zero-order chi connectivity index (χ0) is 28.0. The molecular weight excluding hydrogens is 498 g/mol. The molecule has 13 heteroatoms. The number of piperidine rings is 1. The van der Waals surface area contributed by atoms with E-state index in [2.05, 4.69) is 10.6 Å². The number of nitrogens with zero attached hydrogens (tertiary/aromatic N) is 3. The molecule has 0 saturated carbocycles. The fraction of sp³-hybridized carbons (Fsp3) is 0.560. The van der Waals surface area contributed by atoms with E-state index in [4.69, 9.17) is 4.74 Å². The third-order valence-corrected chi connectivity index (χ3v) is 6.29. The van der Waals surface area contributed by atoms with Crippen molar-refractivity contribution >= 4 is 35.4 Å². The number of alkyl carbamates (subject to hydrolysis) is 1. The normalized spacial score (nSPS) is 15.8. The van der Waals surface area contributed by atoms with Gasteiger partial charge in [-0.1, -0.05) is 0 Å². The highest BCUT2D eigenvalue weighted by molar-refractivity contribution is 6.21. The number of nitro benzene ring substituents is 1. The number of benzene rings is 1. The van der Waals surface area contributed by atoms with E-state index < -0.39 is 28.4 Å². The van der Waals surface area contributed by atoms with Crippen molar-refractivity contribution in [1.29, 1.82) is 0 Å². The highest BCUT2D eigenvalue weighted by Crippen LogP contribution is 2.27. The second kappa shape index (κ2) is 12.0. The number of rotatable bonds is 9. The van der Waals surface area contributed by atoms with Crippen LogP contribution in [0.3, 0.4) is 0 Å². The molecule has 38 heavy (non-hydrogen) atoms. The Kier molecular flexibility index (Phi) is 9.02. The summed E-state index contributed by atoms with van der Waals surface area (Å²) in [4.78, 5) is 74.3. The minimum Gasteiger partial charge on any atom is -0.444 e. The van der Waals surface area contributed by atoms with Crippen LogP contribution >= 0.6 is 0 Å². The Morgan fingerprint density at radius 1 is 1.08 bits per heavy atom. The number of non-ortho nitro benzene ring substituents is 1. The standard InChI is InChI=1S/C25H33N5O8/c1-25(2,3)38-24(35)27-15-21(32)28-11-8-16(9-12-28)14-26-20(31)5-4-10-29-22(33)18-7-6-17(30(36)37)13-19(18)23(29)34/h6-7,13,16H,4-5,8-12,14-15H2,1-3H3,(H,26,31)(H,27,35). The first-order valence-corrected chi connectivity index (χ1v) is 12.5. The molecule has 2 aliphatic heterocycles. The summed E-state index contributed by atoms with van der Waals surface area (Å²) < 4.78 is 5.12. The van der Waals surface area contributed by atoms with Crippen molar-refractivity contribution < 1.29 is 33.6 Å². The molecule has 2 heterocycles. The number of ether oxygens (including phenoxy) is 1. The molecule has 5 amide bonds. The first kappa shape index (κ1) is 28.5. The van der Waals surface area contributed by atoms with Crippen LogP contribution in [0.1, 0.15) is 67.2 Å². The minimum absolute atomic E-state index is 0.000836. The van der Waals surface area contributed by atoms with Crippen molar-refractivity contribution in [2.75, 3.05) is 32.7 Å². The van der Waals surface area contributed by atoms with Gasteiger partial charge in [0.25, 0.3) is 17.5 Å². The molecule has 2 aliphatic rings. The van der Waals surface area contributed by atoms with E-state index >= 15 is 0 Å². The van der Waals surface area contributed by atoms with Gasteiger partial charge in [0.1, 0.15) is 12.1 Å². The summed E-state index contributed by atoms with van der Waals surface area (Å²) in [6.45, 7) is 6.61. The quantitative estimate of drug-likeness (QED) is 0.276. The van der Waals surface area contributed by atoms with Crippen molar-refractivity contribution in [3.63, 3.8) is 0 Å². The van der Waals surface area contributed by atoms with E-state index in [0.29, 0.717) is 32.5 Å². The lowest BCUT2D eigenvalue weighted by Crippen LogP contribution is -2.46. The van der Waals surface area contributed by atoms with Gasteiger partial charge in [-0.25, -0.2) is 4.79 Å². The second-order valence-corrected chi connectivity index (χ2v) is 10.3. The van der Waals surface area contributed by atoms with Gasteiger partial charge in [0, 0.05) is 44.7 Å². The number of imide groups is 1. The Labute approximate surface area is 220 Å². The van der Waals surface area contributed by atoms with Crippen LogP contribution in [0.15, 0.2) is 18.2 Å². The molecule has 0 bridgehead atoms. The maximum atomic E-state index is 12.5. The van der Waals surface area contributed by atoms with Gasteiger partial charge in [0.05, 0.1) is 16.1 Å². The van der Waals surface area contributed by atoms with E-state index in [1.165, 1.54) is 12.1 Å². The minimum atomic E-state index is -0.643. The lowest BCUT2D eigenvalue weighted by Gasteiger charge is -2.32. The van der Waals surface area contributed by atoms with Gasteiger partial charge in [-0.15, -0.1) is 0 Å². The zero-order valence-electron chi connectivity index (χ0n) is 21.8. The number of amides is 5. The van der Waals surface area contributed by atoms with Gasteiger partial charge >= 0.3 is 6.09 Å². The second-order valence-electron chi connectivity index (χ2n) is 10.3. The van der Waals surface area contributed by atoms with Crippen molar-refractivity contribution in [3.8, 4) is 0 Å². The van der Waals surface area contributed by atoms with Gasteiger partial charge in [0.2, 0.25) is 11.8 Å². The maximum Gasteiger partial charge on any atom is 0.408 e. The molecule has 0 radical (unpaired) electrons. The number of carbonyl (C=O) groups is 5. The molecule has 1 aromatic rings. The lowest BCUT2D eigenvalue weighted by molar-refractivity contribution is -0.384. The molecule has 2 N–H and O–H groups in total. The van der Waals surface area contributed by atoms with Crippen LogP contribution in [-0.2, 0) is 14.3 Å². The van der Waals surface area contributed by atoms with Crippen molar-refractivity contribution in [1.82, 2.24) is 20.4 Å². The Morgan fingerprint density at radius 3 is 2.37 bits per heavy atom. The summed E-state index contributed by atoms with van der Waals surface area (Å²) in [5, 5.41) is 16.3. The van der Waals surface area contributed by atoms with Crippen LogP contribution in [-0.4, -0.2) is 82.8 Å². The summed E-state index contributed by atoms with van der Waals surface area (Å²) in [6, 6.07) is 3.55. The molecule has 1 aromatic carbocycles. The summed E-state index contributed by atoms with van der Waals surface area (Å²) >= 11 is 0. The van der Waals surface area contributed by atoms with Crippen LogP contribution in [0.25, 0.3) is 0 Å². The van der Waals surface area contributed by atoms with Crippen molar-refractivity contribution in [3.05, 3.63) is 39.4 Å². The van der Waals surface area contributed by atoms with E-state index in [0.717, 1.165) is 11.0 Å². The largest absolute Gasteiger partial charge is 0.444 e. The molecule has 1 fully saturated rings. The van der Waals surface area contributed by atoms with Gasteiger partial charge < -0.3 is 20.3 Å². The molecule has 0 atom stereocenters. The zero-order valence-corrected chi connectivity index (χ0v) is 21.8. The van der Waals surface area contributed by atoms with Gasteiger partial charge in [-0.05, 0) is 52.0 Å². The van der Waals surface area contributed by atoms with Crippen LogP contribution in [0, 0.1) is 16.0 Å². The maximum absolute atomic E-state index is 12.5. The predicted molar refractivity (Wildman–Crippen MR) is 134 cm³/mol. The number of fused-ring (bicyclic) bond motifs is 1. The number of nitrogens with one attached hydrogen (secondary N) is 2. The van der Waals surface area contributed by atoms with Gasteiger partial charge in [-0.2, -0.15) is 0 Å². The molecule has 13 nitrogen and oxygen atoms in total. The monoisotopic (exact) mass is 531 g/mol. The number of carbonyl (C=O) groups excluding carboxylic acids is 5. The van der Waals surface area contributed by atoms with E-state index in [1.54, 1.807) is 25.7 Å². The average molecular weight is 532 g/mol. The van der Waals surface area contributed by atoms with E-state index in [1.807, 2.05) is 0 Å². The third-order valence-electron chi connectivity index (χ3n) is 6.29. The van der Waals surface area contributed by atoms with Crippen molar-refractivity contribution in [2.45, 2.75) is 52.1 Å². The van der Waals surface area contributed by atoms with Crippen LogP contribution < -0.4 is 10.6 Å². The van der Waals surface area contributed by atoms with Crippen LogP contribution in [0.2, 0.25) is 0 Å². The highest BCUT2D eigenvalue weighted by atomic mass is 16.6. The molecular formula is C25H33N5O8. The molecule has 206 valence electrons. The molecule has 0 aliphatic carbocycles. The number of hydrogen-bond acceptors (Lipinski definition) is 8. The Morgan fingerprint density at radius 2 is 1.74 bits per heavy atom. The lowest BCUT2D eigenvalue weighted by atomic mass is 9.96. The number of likely N-dealkylation sites (tertiary alicyclic amines) is 1. The first-order valence-electron chi connectivity index (χ1n) is 12.5. The molecule has 0 aromatic heterocycles. The molecule has 3 rings (SSSR count). The summed E-state index contributed by atoms with van der Waals surface area (Å²) in [6.07, 6.45) is 1.15. The first-order chi connectivity index (χ1) is 17.9. The Balaban J connectivity index is 1.33. The van der Waals surface area contributed by atoms with E-state index in [9.17, 15) is 34.1 Å². The average Bonchev–Trinajstić information content (AvgIpc) is 3.09. The summed E-state index contributed by atoms with van der Waals surface area (Å²) in [7, 11) is 0. The summed E-state index contributed by atoms with van der Waals surface area (Å²) in [5.41, 5.74) is -0.788. The fourth-order valence-corrected chi connectivity index (χ4v) is 4.30. The van der Waals surface area contributed by atoms with Crippen LogP contribution in [0.4, 0.5) is 10.5 Å². The Hall–Kier alpha value is -4.03. The van der Waals surface area contributed by atoms with Gasteiger partial charge in [0.15, 0.2) is 0 Å². The highest BCUT2D eigenvalue weighted by Gasteiger charge is 2.36. The Bertz CT molecular complexity index is 1120. The SMILES string of the molecule is CC(C)(C)OC(=O)NCC(=O)N1CCC(CNC(=O)CCCN2C(=O)c3ccc([N+](=O)[O-])cc3C2=O)CC1. The van der Waals surface area contributed by atoms with E-state index in [-0.39, 0.29) is 60.5 Å². The molecule has 0 spiro atoms. The number of nitro groups is 1. The predicted octanol–water partition coefficient (Wildman–Crippen LogP) is 1.85. The van der Waals surface area contributed by atoms with Crippen LogP contribution in [0.5, 0.6) is 0 Å². The summed E-state index contributed by atoms with van der Waals surface area (Å²) in [5.74, 6) is -1.33. The van der Waals surface area contributed by atoms with Gasteiger partial charge in [-0.3, -0.25) is 34.2 Å². The topological polar surface area (TPSA) is 168 Å². The molecule has 0 unspecified atom stereocenters. The smallest absolute Gasteiger partial charge is 0.408 e. The van der Waals surface area contributed by atoms with Crippen molar-refractivity contribution in [2.24, 2.45) is 5.92 Å². The molecule has 1 saturated heterocycles.